The van der Waals surface area contributed by atoms with Crippen LogP contribution < -0.4 is 0 Å². The molecule has 118 valence electrons. The predicted molar refractivity (Wildman–Crippen MR) is 89.2 cm³/mol. The number of benzene rings is 1. The molecule has 0 amide bonds. The smallest absolute Gasteiger partial charge is 0.329 e. The van der Waals surface area contributed by atoms with Crippen molar-refractivity contribution in [2.75, 3.05) is 0 Å². The minimum absolute atomic E-state index is 0.103. The van der Waals surface area contributed by atoms with Crippen LogP contribution in [0.25, 0.3) is 10.9 Å². The quantitative estimate of drug-likeness (QED) is 0.732. The van der Waals surface area contributed by atoms with Gasteiger partial charge >= 0.3 is 5.97 Å². The van der Waals surface area contributed by atoms with E-state index in [1.165, 1.54) is 19.3 Å². The highest BCUT2D eigenvalue weighted by Gasteiger charge is 2.25. The van der Waals surface area contributed by atoms with Crippen molar-refractivity contribution >= 4 is 28.5 Å². The second kappa shape index (κ2) is 6.74. The van der Waals surface area contributed by atoms with Crippen LogP contribution in [0.5, 0.6) is 0 Å². The van der Waals surface area contributed by atoms with Gasteiger partial charge < -0.3 is 9.30 Å². The molecule has 3 nitrogen and oxygen atoms in total. The van der Waals surface area contributed by atoms with Crippen molar-refractivity contribution in [3.05, 3.63) is 35.5 Å². The van der Waals surface area contributed by atoms with E-state index in [1.807, 2.05) is 42.0 Å². The number of hydrogen-bond donors (Lipinski definition) is 0. The van der Waals surface area contributed by atoms with E-state index in [4.69, 9.17) is 16.3 Å². The Balaban J connectivity index is 1.81. The molecule has 2 aromatic rings. The van der Waals surface area contributed by atoms with Crippen molar-refractivity contribution in [2.45, 2.75) is 57.6 Å². The van der Waals surface area contributed by atoms with E-state index in [0.717, 1.165) is 30.2 Å². The second-order valence-electron chi connectivity index (χ2n) is 6.05. The summed E-state index contributed by atoms with van der Waals surface area (Å²) in [4.78, 5) is 12.6. The fourth-order valence-electron chi connectivity index (χ4n) is 3.31. The lowest BCUT2D eigenvalue weighted by Crippen LogP contribution is -2.27. The molecule has 1 unspecified atom stereocenters. The van der Waals surface area contributed by atoms with Crippen LogP contribution in [-0.4, -0.2) is 16.6 Å². The molecule has 1 aromatic heterocycles. The molecule has 1 fully saturated rings. The van der Waals surface area contributed by atoms with Crippen molar-refractivity contribution < 1.29 is 9.53 Å². The normalized spacial score (nSPS) is 17.5. The van der Waals surface area contributed by atoms with Crippen LogP contribution in [0, 0.1) is 0 Å². The first-order valence-electron chi connectivity index (χ1n) is 8.15. The summed E-state index contributed by atoms with van der Waals surface area (Å²) < 4.78 is 7.77. The van der Waals surface area contributed by atoms with Crippen LogP contribution in [0.4, 0.5) is 0 Å². The van der Waals surface area contributed by atoms with Gasteiger partial charge in [-0.2, -0.15) is 0 Å². The summed E-state index contributed by atoms with van der Waals surface area (Å²) in [5.74, 6) is -0.109. The van der Waals surface area contributed by atoms with Gasteiger partial charge in [0.2, 0.25) is 0 Å². The number of halogens is 1. The summed E-state index contributed by atoms with van der Waals surface area (Å²) in [5.41, 5.74) is 1.02. The van der Waals surface area contributed by atoms with Crippen LogP contribution in [0.3, 0.4) is 0 Å². The summed E-state index contributed by atoms with van der Waals surface area (Å²) in [5, 5.41) is 1.76. The van der Waals surface area contributed by atoms with Gasteiger partial charge in [-0.25, -0.2) is 4.79 Å². The van der Waals surface area contributed by atoms with E-state index in [1.54, 1.807) is 0 Å². The van der Waals surface area contributed by atoms with E-state index < -0.39 is 0 Å². The molecule has 1 aromatic carbocycles. The first-order chi connectivity index (χ1) is 10.7. The number of rotatable bonds is 4. The Morgan fingerprint density at radius 2 is 2.09 bits per heavy atom. The van der Waals surface area contributed by atoms with Crippen LogP contribution in [0.2, 0.25) is 5.02 Å². The Kier molecular flexibility index (Phi) is 4.72. The molecule has 0 bridgehead atoms. The van der Waals surface area contributed by atoms with Gasteiger partial charge in [0.25, 0.3) is 0 Å². The lowest BCUT2D eigenvalue weighted by Gasteiger charge is -2.25. The van der Waals surface area contributed by atoms with Crippen molar-refractivity contribution in [1.29, 1.82) is 0 Å². The molecular weight excluding hydrogens is 298 g/mol. The van der Waals surface area contributed by atoms with Crippen molar-refractivity contribution in [3.63, 3.8) is 0 Å². The third kappa shape index (κ3) is 3.14. The standard InChI is InChI=1S/C18H22ClNO2/c1-2-16(18(21)22-15-6-4-3-5-7-15)20-11-10-13-12-14(19)8-9-17(13)20/h8-12,15-16H,2-7H2,1H3. The number of aromatic nitrogens is 1. The Labute approximate surface area is 136 Å². The molecule has 22 heavy (non-hydrogen) atoms. The predicted octanol–water partition coefficient (Wildman–Crippen LogP) is 5.12. The minimum atomic E-state index is -0.263. The minimum Gasteiger partial charge on any atom is -0.461 e. The monoisotopic (exact) mass is 319 g/mol. The number of hydrogen-bond acceptors (Lipinski definition) is 2. The second-order valence-corrected chi connectivity index (χ2v) is 6.48. The zero-order chi connectivity index (χ0) is 15.5. The molecule has 3 rings (SSSR count). The van der Waals surface area contributed by atoms with Crippen LogP contribution in [0.15, 0.2) is 30.5 Å². The van der Waals surface area contributed by atoms with E-state index in [9.17, 15) is 4.79 Å². The highest BCUT2D eigenvalue weighted by molar-refractivity contribution is 6.31. The third-order valence-electron chi connectivity index (χ3n) is 4.51. The SMILES string of the molecule is CCC(C(=O)OC1CCCCC1)n1ccc2cc(Cl)ccc21. The fraction of sp³-hybridized carbons (Fsp3) is 0.500. The summed E-state index contributed by atoms with van der Waals surface area (Å²) >= 11 is 6.03. The average molecular weight is 320 g/mol. The molecule has 0 spiro atoms. The molecule has 0 radical (unpaired) electrons. The number of fused-ring (bicyclic) bond motifs is 1. The lowest BCUT2D eigenvalue weighted by molar-refractivity contribution is -0.154. The molecule has 4 heteroatoms. The maximum absolute atomic E-state index is 12.6. The van der Waals surface area contributed by atoms with Gasteiger partial charge in [-0.1, -0.05) is 24.9 Å². The van der Waals surface area contributed by atoms with Gasteiger partial charge in [-0.15, -0.1) is 0 Å². The Hall–Kier alpha value is -1.48. The highest BCUT2D eigenvalue weighted by atomic mass is 35.5. The van der Waals surface area contributed by atoms with Gasteiger partial charge in [-0.3, -0.25) is 0 Å². The number of esters is 1. The fourth-order valence-corrected chi connectivity index (χ4v) is 3.49. The maximum Gasteiger partial charge on any atom is 0.329 e. The molecule has 0 aliphatic heterocycles. The summed E-state index contributed by atoms with van der Waals surface area (Å²) in [6, 6.07) is 7.48. The summed E-state index contributed by atoms with van der Waals surface area (Å²) in [6.07, 6.45) is 8.38. The van der Waals surface area contributed by atoms with Crippen molar-refractivity contribution in [2.24, 2.45) is 0 Å². The Bertz CT molecular complexity index is 658. The molecule has 1 atom stereocenters. The molecule has 1 aliphatic rings. The highest BCUT2D eigenvalue weighted by Crippen LogP contribution is 2.27. The summed E-state index contributed by atoms with van der Waals surface area (Å²) in [6.45, 7) is 2.02. The summed E-state index contributed by atoms with van der Waals surface area (Å²) in [7, 11) is 0. The number of nitrogens with zero attached hydrogens (tertiary/aromatic N) is 1. The van der Waals surface area contributed by atoms with E-state index in [0.29, 0.717) is 5.02 Å². The molecule has 1 saturated carbocycles. The van der Waals surface area contributed by atoms with Crippen LogP contribution in [-0.2, 0) is 9.53 Å². The number of carbonyl (C=O) groups excluding carboxylic acids is 1. The first kappa shape index (κ1) is 15.4. The zero-order valence-electron chi connectivity index (χ0n) is 12.9. The van der Waals surface area contributed by atoms with E-state index in [-0.39, 0.29) is 18.1 Å². The van der Waals surface area contributed by atoms with Gasteiger partial charge in [0.1, 0.15) is 12.1 Å². The average Bonchev–Trinajstić information content (AvgIpc) is 2.92. The van der Waals surface area contributed by atoms with Crippen LogP contribution >= 0.6 is 11.6 Å². The van der Waals surface area contributed by atoms with Gasteiger partial charge in [-0.05, 0) is 56.4 Å². The molecule has 1 aliphatic carbocycles. The van der Waals surface area contributed by atoms with Crippen molar-refractivity contribution in [1.82, 2.24) is 4.57 Å². The van der Waals surface area contributed by atoms with Crippen molar-refractivity contribution in [3.8, 4) is 0 Å². The largest absolute Gasteiger partial charge is 0.461 e. The molecule has 1 heterocycles. The third-order valence-corrected chi connectivity index (χ3v) is 4.75. The van der Waals surface area contributed by atoms with E-state index >= 15 is 0 Å². The van der Waals surface area contributed by atoms with Gasteiger partial charge in [0.15, 0.2) is 0 Å². The first-order valence-corrected chi connectivity index (χ1v) is 8.53. The van der Waals surface area contributed by atoms with Crippen LogP contribution in [0.1, 0.15) is 51.5 Å². The van der Waals surface area contributed by atoms with Gasteiger partial charge in [0, 0.05) is 22.1 Å². The Morgan fingerprint density at radius 3 is 2.82 bits per heavy atom. The van der Waals surface area contributed by atoms with Gasteiger partial charge in [0.05, 0.1) is 0 Å². The zero-order valence-corrected chi connectivity index (χ0v) is 13.7. The Morgan fingerprint density at radius 1 is 1.32 bits per heavy atom. The van der Waals surface area contributed by atoms with E-state index in [2.05, 4.69) is 0 Å². The molecular formula is C18H22ClNO2. The molecule has 0 N–H and O–H groups in total. The lowest BCUT2D eigenvalue weighted by atomic mass is 9.98. The maximum atomic E-state index is 12.6. The topological polar surface area (TPSA) is 31.2 Å². The number of ether oxygens (including phenoxy) is 1. The number of carbonyl (C=O) groups is 1. The molecule has 0 saturated heterocycles.